The topological polar surface area (TPSA) is 130 Å². The first kappa shape index (κ1) is 33.3. The molecule has 4 aromatic carbocycles. The number of para-hydroxylation sites is 2. The predicted molar refractivity (Wildman–Crippen MR) is 193 cm³/mol. The highest BCUT2D eigenvalue weighted by molar-refractivity contribution is 6.58. The van der Waals surface area contributed by atoms with Crippen molar-refractivity contribution >= 4 is 69.3 Å². The van der Waals surface area contributed by atoms with E-state index in [0.717, 1.165) is 21.9 Å². The minimum absolute atomic E-state index is 0.0709. The van der Waals surface area contributed by atoms with Crippen LogP contribution in [0.15, 0.2) is 107 Å². The summed E-state index contributed by atoms with van der Waals surface area (Å²) in [5.41, 5.74) is 3.30. The normalized spacial score (nSPS) is 27.9. The number of rotatable bonds is 5. The lowest BCUT2D eigenvalue weighted by Crippen LogP contribution is -2.60. The highest BCUT2D eigenvalue weighted by atomic mass is 35.5. The number of phenols is 1. The van der Waals surface area contributed by atoms with Gasteiger partial charge in [0.15, 0.2) is 26.8 Å². The molecule has 3 heterocycles. The third-order valence-electron chi connectivity index (χ3n) is 11.1. The second-order valence-electron chi connectivity index (χ2n) is 13.7. The number of phenolic OH excluding ortho intramolecular Hbond substituents is 1. The Morgan fingerprint density at radius 1 is 0.868 bits per heavy atom. The standard InChI is InChI=1S/C40H28Cl2FN3O7/c1-52-31-17-8-21(18-29(31)47)33-25-15-16-26-32(27(25)19-39(41)37(50)46(38(51)40(33,39)42)24-13-9-22(43)10-14-24)36(49)45(35(26)48)23-11-6-20(7-12-23)34-44-28-4-2-3-5-30(28)53-34/h2-15,17-18,26-27,32-33,47H,16,19H2,1H3/t26-,27+,32-,33-,39+,40-/m0/s1. The van der Waals surface area contributed by atoms with Crippen LogP contribution in [0.1, 0.15) is 24.3 Å². The summed E-state index contributed by atoms with van der Waals surface area (Å²) in [6.07, 6.45) is 1.72. The van der Waals surface area contributed by atoms with Crippen LogP contribution in [0.2, 0.25) is 0 Å². The lowest BCUT2D eigenvalue weighted by Gasteiger charge is -2.50. The van der Waals surface area contributed by atoms with Gasteiger partial charge >= 0.3 is 0 Å². The van der Waals surface area contributed by atoms with E-state index >= 15 is 0 Å². The minimum Gasteiger partial charge on any atom is -0.504 e. The number of halogens is 3. The molecule has 4 aliphatic rings. The van der Waals surface area contributed by atoms with Crippen LogP contribution in [-0.2, 0) is 19.2 Å². The lowest BCUT2D eigenvalue weighted by molar-refractivity contribution is -0.125. The van der Waals surface area contributed by atoms with Crippen molar-refractivity contribution in [3.8, 4) is 23.0 Å². The van der Waals surface area contributed by atoms with Crippen molar-refractivity contribution in [1.29, 1.82) is 0 Å². The highest BCUT2D eigenvalue weighted by Crippen LogP contribution is 2.66. The van der Waals surface area contributed by atoms with E-state index in [1.54, 1.807) is 30.3 Å². The number of aromatic hydroxyl groups is 1. The molecule has 1 saturated carbocycles. The van der Waals surface area contributed by atoms with Crippen LogP contribution in [0.4, 0.5) is 15.8 Å². The van der Waals surface area contributed by atoms with Gasteiger partial charge in [-0.2, -0.15) is 0 Å². The Kier molecular flexibility index (Phi) is 7.38. The van der Waals surface area contributed by atoms with Crippen LogP contribution in [0, 0.1) is 23.6 Å². The molecule has 6 atom stereocenters. The number of amides is 4. The van der Waals surface area contributed by atoms with Gasteiger partial charge in [-0.05, 0) is 97.1 Å². The average Bonchev–Trinajstić information content (AvgIpc) is 3.75. The van der Waals surface area contributed by atoms with Crippen molar-refractivity contribution in [2.24, 2.45) is 17.8 Å². The zero-order valence-electron chi connectivity index (χ0n) is 27.8. The second kappa shape index (κ2) is 11.7. The van der Waals surface area contributed by atoms with Crippen molar-refractivity contribution in [3.05, 3.63) is 114 Å². The number of aromatic nitrogens is 1. The molecule has 13 heteroatoms. The van der Waals surface area contributed by atoms with Gasteiger partial charge in [0.1, 0.15) is 11.3 Å². The molecule has 2 aliphatic carbocycles. The highest BCUT2D eigenvalue weighted by Gasteiger charge is 2.76. The molecule has 9 rings (SSSR count). The molecule has 1 aromatic heterocycles. The van der Waals surface area contributed by atoms with Crippen molar-refractivity contribution in [3.63, 3.8) is 0 Å². The molecule has 0 bridgehead atoms. The molecular weight excluding hydrogens is 724 g/mol. The Labute approximate surface area is 311 Å². The quantitative estimate of drug-likeness (QED) is 0.114. The smallest absolute Gasteiger partial charge is 0.258 e. The van der Waals surface area contributed by atoms with Gasteiger partial charge in [-0.3, -0.25) is 24.1 Å². The molecule has 2 aliphatic heterocycles. The minimum atomic E-state index is -2.14. The SMILES string of the molecule is COc1ccc([C@H]2C3=CC[C@@H]4C(=O)N(c5ccc(-c6nc7ccccc7o6)cc5)C(=O)[C@@H]4[C@@H]3C[C@@]3(Cl)C(=O)N(c4ccc(F)cc4)C(=O)[C@@]23Cl)cc1O. The first-order valence-corrected chi connectivity index (χ1v) is 17.6. The molecule has 3 fully saturated rings. The van der Waals surface area contributed by atoms with Crippen LogP contribution in [0.5, 0.6) is 11.5 Å². The maximum Gasteiger partial charge on any atom is 0.258 e. The lowest BCUT2D eigenvalue weighted by atomic mass is 9.56. The summed E-state index contributed by atoms with van der Waals surface area (Å²) in [4.78, 5) is 59.9. The fraction of sp³-hybridized carbons (Fsp3) is 0.225. The average molecular weight is 753 g/mol. The second-order valence-corrected chi connectivity index (χ2v) is 15.0. The van der Waals surface area contributed by atoms with Gasteiger partial charge in [-0.15, -0.1) is 23.2 Å². The van der Waals surface area contributed by atoms with Crippen LogP contribution in [-0.4, -0.2) is 50.6 Å². The largest absolute Gasteiger partial charge is 0.504 e. The van der Waals surface area contributed by atoms with Crippen LogP contribution in [0.25, 0.3) is 22.6 Å². The Hall–Kier alpha value is -5.52. The number of nitrogens with zero attached hydrogens (tertiary/aromatic N) is 3. The third-order valence-corrected chi connectivity index (χ3v) is 12.5. The van der Waals surface area contributed by atoms with Crippen LogP contribution in [0.3, 0.4) is 0 Å². The molecule has 4 amide bonds. The van der Waals surface area contributed by atoms with Gasteiger partial charge in [-0.1, -0.05) is 29.8 Å². The Morgan fingerprint density at radius 3 is 2.26 bits per heavy atom. The molecule has 1 N–H and O–H groups in total. The molecule has 0 spiro atoms. The van der Waals surface area contributed by atoms with E-state index in [1.165, 1.54) is 31.4 Å². The maximum atomic E-state index is 14.5. The summed E-state index contributed by atoms with van der Waals surface area (Å²) in [5, 5.41) is 10.9. The number of oxazole rings is 1. The van der Waals surface area contributed by atoms with Gasteiger partial charge in [0.2, 0.25) is 17.7 Å². The van der Waals surface area contributed by atoms with E-state index in [9.17, 15) is 28.7 Å². The molecule has 0 unspecified atom stereocenters. The van der Waals surface area contributed by atoms with Crippen LogP contribution >= 0.6 is 23.2 Å². The molecule has 2 saturated heterocycles. The summed E-state index contributed by atoms with van der Waals surface area (Å²) < 4.78 is 25.1. The number of imide groups is 2. The first-order chi connectivity index (χ1) is 25.5. The van der Waals surface area contributed by atoms with Crippen molar-refractivity contribution < 1.29 is 37.8 Å². The number of methoxy groups -OCH3 is 1. The summed E-state index contributed by atoms with van der Waals surface area (Å²) in [5.74, 6) is -6.44. The number of alkyl halides is 2. The molecule has 266 valence electrons. The zero-order valence-corrected chi connectivity index (χ0v) is 29.3. The number of carbonyl (C=O) groups is 4. The van der Waals surface area contributed by atoms with Gasteiger partial charge in [0.25, 0.3) is 11.8 Å². The van der Waals surface area contributed by atoms with E-state index in [0.29, 0.717) is 39.4 Å². The van der Waals surface area contributed by atoms with Crippen LogP contribution < -0.4 is 14.5 Å². The van der Waals surface area contributed by atoms with Gasteiger partial charge in [-0.25, -0.2) is 14.3 Å². The van der Waals surface area contributed by atoms with Crippen molar-refractivity contribution in [1.82, 2.24) is 4.98 Å². The fourth-order valence-electron chi connectivity index (χ4n) is 8.66. The number of allylic oxidation sites excluding steroid dienone is 2. The Morgan fingerprint density at radius 2 is 1.57 bits per heavy atom. The monoisotopic (exact) mass is 751 g/mol. The molecule has 53 heavy (non-hydrogen) atoms. The van der Waals surface area contributed by atoms with E-state index in [1.807, 2.05) is 30.3 Å². The molecule has 0 radical (unpaired) electrons. The number of carbonyl (C=O) groups excluding carboxylic acids is 4. The van der Waals surface area contributed by atoms with E-state index < -0.39 is 62.9 Å². The summed E-state index contributed by atoms with van der Waals surface area (Å²) in [7, 11) is 1.39. The van der Waals surface area contributed by atoms with E-state index in [-0.39, 0.29) is 30.0 Å². The van der Waals surface area contributed by atoms with Crippen molar-refractivity contribution in [2.45, 2.75) is 28.5 Å². The summed E-state index contributed by atoms with van der Waals surface area (Å²) >= 11 is 14.8. The Balaban J connectivity index is 1.12. The predicted octanol–water partition coefficient (Wildman–Crippen LogP) is 7.12. The number of hydrogen-bond acceptors (Lipinski definition) is 8. The van der Waals surface area contributed by atoms with E-state index in [2.05, 4.69) is 4.98 Å². The maximum absolute atomic E-state index is 14.5. The summed E-state index contributed by atoms with van der Waals surface area (Å²) in [6, 6.07) is 23.4. The third kappa shape index (κ3) is 4.59. The molecule has 5 aromatic rings. The van der Waals surface area contributed by atoms with Gasteiger partial charge in [0.05, 0.1) is 30.3 Å². The van der Waals surface area contributed by atoms with Gasteiger partial charge < -0.3 is 14.3 Å². The molecular formula is C40H28Cl2FN3O7. The zero-order chi connectivity index (χ0) is 37.0. The van der Waals surface area contributed by atoms with Gasteiger partial charge in [0, 0.05) is 11.5 Å². The number of benzene rings is 4. The number of ether oxygens (including phenoxy) is 1. The fourth-order valence-corrected chi connectivity index (χ4v) is 9.60. The number of anilines is 2. The number of hydrogen-bond donors (Lipinski definition) is 1. The van der Waals surface area contributed by atoms with E-state index in [4.69, 9.17) is 32.4 Å². The summed E-state index contributed by atoms with van der Waals surface area (Å²) in [6.45, 7) is 0. The first-order valence-electron chi connectivity index (χ1n) is 16.9. The Bertz CT molecular complexity index is 2400. The van der Waals surface area contributed by atoms with Crippen molar-refractivity contribution in [2.75, 3.05) is 16.9 Å². The molecule has 10 nitrogen and oxygen atoms in total. The number of fused-ring (bicyclic) bond motifs is 5.